The summed E-state index contributed by atoms with van der Waals surface area (Å²) in [4.78, 5) is 1.30. The van der Waals surface area contributed by atoms with Crippen LogP contribution in [0.4, 0.5) is 0 Å². The lowest BCUT2D eigenvalue weighted by Gasteiger charge is -2.43. The molecule has 3 atom stereocenters. The quantitative estimate of drug-likeness (QED) is 0.824. The van der Waals surface area contributed by atoms with Crippen LogP contribution in [0.1, 0.15) is 23.0 Å². The number of hydrogen-bond acceptors (Lipinski definition) is 5. The molecule has 0 amide bonds. The minimum Gasteiger partial charge on any atom is -0.466 e. The summed E-state index contributed by atoms with van der Waals surface area (Å²) < 4.78 is 5.90. The second-order valence-electron chi connectivity index (χ2n) is 7.94. The molecule has 1 aromatic heterocycles. The van der Waals surface area contributed by atoms with Crippen LogP contribution in [0, 0.1) is 52.2 Å². The van der Waals surface area contributed by atoms with Gasteiger partial charge in [0.25, 0.3) is 0 Å². The Kier molecular flexibility index (Phi) is 4.92. The van der Waals surface area contributed by atoms with Crippen molar-refractivity contribution in [1.29, 1.82) is 15.8 Å². The summed E-state index contributed by atoms with van der Waals surface area (Å²) in [6, 6.07) is 20.3. The lowest BCUT2D eigenvalue weighted by molar-refractivity contribution is -0.913. The first-order valence-electron chi connectivity index (χ1n) is 9.91. The molecule has 6 heteroatoms. The van der Waals surface area contributed by atoms with Gasteiger partial charge >= 0.3 is 0 Å². The molecule has 0 radical (unpaired) electrons. The fourth-order valence-electron chi connectivity index (χ4n) is 4.79. The van der Waals surface area contributed by atoms with E-state index in [9.17, 15) is 15.8 Å². The van der Waals surface area contributed by atoms with Crippen molar-refractivity contribution in [2.45, 2.75) is 19.4 Å². The second-order valence-corrected chi connectivity index (χ2v) is 7.94. The normalized spacial score (nSPS) is 24.7. The molecule has 1 aliphatic heterocycles. The second kappa shape index (κ2) is 7.56. The zero-order valence-corrected chi connectivity index (χ0v) is 16.7. The monoisotopic (exact) mass is 396 g/mol. The van der Waals surface area contributed by atoms with E-state index < -0.39 is 11.3 Å². The number of furan rings is 1. The molecule has 4 rings (SSSR count). The number of nitrogens with zero attached hydrogens (tertiary/aromatic N) is 3. The molecule has 1 unspecified atom stereocenters. The summed E-state index contributed by atoms with van der Waals surface area (Å²) in [7, 11) is 0. The maximum atomic E-state index is 10.1. The van der Waals surface area contributed by atoms with E-state index in [0.717, 1.165) is 18.7 Å². The summed E-state index contributed by atoms with van der Waals surface area (Å²) in [5, 5.41) is 30.0. The zero-order chi connectivity index (χ0) is 21.3. The van der Waals surface area contributed by atoms with Crippen molar-refractivity contribution in [1.82, 2.24) is 0 Å². The molecule has 0 spiro atoms. The first kappa shape index (κ1) is 19.5. The van der Waals surface area contributed by atoms with Crippen LogP contribution in [0.25, 0.3) is 0 Å². The Hall–Kier alpha value is -3.79. The minimum absolute atomic E-state index is 0.0306. The summed E-state index contributed by atoms with van der Waals surface area (Å²) in [6.45, 7) is 4.07. The van der Waals surface area contributed by atoms with Crippen LogP contribution in [0.5, 0.6) is 0 Å². The van der Waals surface area contributed by atoms with E-state index >= 15 is 0 Å². The molecule has 6 nitrogen and oxygen atoms in total. The van der Waals surface area contributed by atoms with Gasteiger partial charge in [-0.1, -0.05) is 30.3 Å². The Bertz CT molecular complexity index is 1140. The SMILES string of the molecule is Cc1ccc([C@H]2[C@@H]3C[NH+](Cc4ccccc4)CC=C3C(C#N)=C(N)C2(C#N)C#N)o1. The number of allylic oxidation sites excluding steroid dienone is 2. The van der Waals surface area contributed by atoms with Crippen LogP contribution < -0.4 is 10.6 Å². The fraction of sp³-hybridized carbons (Fsp3) is 0.292. The van der Waals surface area contributed by atoms with Crippen molar-refractivity contribution in [2.75, 3.05) is 13.1 Å². The average Bonchev–Trinajstić information content (AvgIpc) is 3.19. The lowest BCUT2D eigenvalue weighted by atomic mass is 9.59. The standard InChI is InChI=1S/C24H21N5O/c1-16-7-8-21(30-16)22-20-13-29(12-17-5-3-2-4-6-17)10-9-18(20)19(11-25)23(28)24(22,14-26)15-27/h2-9,20,22H,10,12-13,28H2,1H3/p+1/t20-,22-/m1/s1. The molecule has 0 saturated carbocycles. The Balaban J connectivity index is 1.83. The molecular formula is C24H22N5O+. The lowest BCUT2D eigenvalue weighted by Crippen LogP contribution is -3.12. The maximum Gasteiger partial charge on any atom is 0.194 e. The molecule has 2 aliphatic rings. The fourth-order valence-corrected chi connectivity index (χ4v) is 4.79. The average molecular weight is 396 g/mol. The van der Waals surface area contributed by atoms with Crippen LogP contribution in [0.15, 0.2) is 69.8 Å². The minimum atomic E-state index is -1.65. The highest BCUT2D eigenvalue weighted by Gasteiger charge is 2.56. The van der Waals surface area contributed by atoms with E-state index in [1.807, 2.05) is 43.3 Å². The third kappa shape index (κ3) is 2.98. The van der Waals surface area contributed by atoms with Crippen LogP contribution in [-0.4, -0.2) is 13.1 Å². The van der Waals surface area contributed by atoms with Crippen LogP contribution in [-0.2, 0) is 6.54 Å². The van der Waals surface area contributed by atoms with Gasteiger partial charge in [-0.2, -0.15) is 15.8 Å². The number of fused-ring (bicyclic) bond motifs is 1. The van der Waals surface area contributed by atoms with Gasteiger partial charge in [0.1, 0.15) is 24.1 Å². The summed E-state index contributed by atoms with van der Waals surface area (Å²) in [5.74, 6) is 0.477. The summed E-state index contributed by atoms with van der Waals surface area (Å²) >= 11 is 0. The van der Waals surface area contributed by atoms with E-state index in [-0.39, 0.29) is 17.2 Å². The number of rotatable bonds is 3. The highest BCUT2D eigenvalue weighted by atomic mass is 16.3. The van der Waals surface area contributed by atoms with E-state index in [1.165, 1.54) is 10.5 Å². The van der Waals surface area contributed by atoms with Gasteiger partial charge in [-0.05, 0) is 30.7 Å². The number of quaternary nitrogens is 1. The largest absolute Gasteiger partial charge is 0.466 e. The third-order valence-corrected chi connectivity index (χ3v) is 6.20. The van der Waals surface area contributed by atoms with E-state index in [2.05, 4.69) is 30.3 Å². The molecule has 1 aromatic carbocycles. The Morgan fingerprint density at radius 3 is 2.47 bits per heavy atom. The Morgan fingerprint density at radius 1 is 1.13 bits per heavy atom. The summed E-state index contributed by atoms with van der Waals surface area (Å²) in [6.07, 6.45) is 2.04. The predicted octanol–water partition coefficient (Wildman–Crippen LogP) is 2.10. The van der Waals surface area contributed by atoms with Gasteiger partial charge < -0.3 is 15.1 Å². The molecule has 2 aromatic rings. The van der Waals surface area contributed by atoms with Crippen LogP contribution >= 0.6 is 0 Å². The highest BCUT2D eigenvalue weighted by Crippen LogP contribution is 2.53. The first-order chi connectivity index (χ1) is 14.5. The molecule has 0 fully saturated rings. The molecule has 148 valence electrons. The molecule has 30 heavy (non-hydrogen) atoms. The van der Waals surface area contributed by atoms with Gasteiger partial charge in [0.2, 0.25) is 0 Å². The number of nitrogens with two attached hydrogens (primary N) is 1. The molecule has 3 N–H and O–H groups in total. The number of aryl methyl sites for hydroxylation is 1. The van der Waals surface area contributed by atoms with Crippen molar-refractivity contribution in [3.8, 4) is 18.2 Å². The highest BCUT2D eigenvalue weighted by molar-refractivity contribution is 5.58. The van der Waals surface area contributed by atoms with Gasteiger partial charge in [-0.25, -0.2) is 0 Å². The zero-order valence-electron chi connectivity index (χ0n) is 16.7. The van der Waals surface area contributed by atoms with Crippen LogP contribution in [0.3, 0.4) is 0 Å². The molecule has 0 saturated heterocycles. The molecule has 0 bridgehead atoms. The van der Waals surface area contributed by atoms with Crippen molar-refractivity contribution in [2.24, 2.45) is 17.1 Å². The first-order valence-corrected chi connectivity index (χ1v) is 9.91. The summed E-state index contributed by atoms with van der Waals surface area (Å²) in [5.41, 5.74) is 7.00. The molecular weight excluding hydrogens is 374 g/mol. The number of hydrogen-bond donors (Lipinski definition) is 2. The third-order valence-electron chi connectivity index (χ3n) is 6.20. The molecule has 1 aliphatic carbocycles. The van der Waals surface area contributed by atoms with Gasteiger partial charge in [0, 0.05) is 11.5 Å². The van der Waals surface area contributed by atoms with Gasteiger partial charge in [-0.15, -0.1) is 0 Å². The van der Waals surface area contributed by atoms with Crippen molar-refractivity contribution in [3.63, 3.8) is 0 Å². The van der Waals surface area contributed by atoms with Gasteiger partial charge in [-0.3, -0.25) is 0 Å². The van der Waals surface area contributed by atoms with Crippen molar-refractivity contribution in [3.05, 3.63) is 82.5 Å². The topological polar surface area (TPSA) is 115 Å². The van der Waals surface area contributed by atoms with Crippen molar-refractivity contribution < 1.29 is 9.32 Å². The number of nitrogens with one attached hydrogen (secondary N) is 1. The van der Waals surface area contributed by atoms with Gasteiger partial charge in [0.05, 0.1) is 42.4 Å². The van der Waals surface area contributed by atoms with Crippen LogP contribution in [0.2, 0.25) is 0 Å². The number of benzene rings is 1. The predicted molar refractivity (Wildman–Crippen MR) is 109 cm³/mol. The van der Waals surface area contributed by atoms with E-state index in [0.29, 0.717) is 18.1 Å². The number of nitriles is 3. The van der Waals surface area contributed by atoms with Crippen molar-refractivity contribution >= 4 is 0 Å². The maximum absolute atomic E-state index is 10.1. The van der Waals surface area contributed by atoms with Gasteiger partial charge in [0.15, 0.2) is 5.41 Å². The Morgan fingerprint density at radius 2 is 1.87 bits per heavy atom. The van der Waals surface area contributed by atoms with E-state index in [1.54, 1.807) is 0 Å². The smallest absolute Gasteiger partial charge is 0.194 e. The molecule has 2 heterocycles. The Labute approximate surface area is 175 Å². The van der Waals surface area contributed by atoms with E-state index in [4.69, 9.17) is 10.2 Å².